The Morgan fingerprint density at radius 2 is 1.84 bits per heavy atom. The zero-order valence-electron chi connectivity index (χ0n) is 18.1. The van der Waals surface area contributed by atoms with Gasteiger partial charge in [0.15, 0.2) is 28.5 Å². The second kappa shape index (κ2) is 9.88. The number of hydrogen-bond acceptors (Lipinski definition) is 5. The van der Waals surface area contributed by atoms with E-state index in [1.165, 1.54) is 16.2 Å². The fraction of sp³-hybridized carbons (Fsp3) is 0.348. The number of ether oxygens (including phenoxy) is 2. The summed E-state index contributed by atoms with van der Waals surface area (Å²) in [5, 5.41) is 0. The van der Waals surface area contributed by atoms with Gasteiger partial charge in [-0.05, 0) is 37.0 Å². The second-order valence-corrected chi connectivity index (χ2v) is 6.91. The summed E-state index contributed by atoms with van der Waals surface area (Å²) in [5.74, 6) is 9.66. The first kappa shape index (κ1) is 22.7. The maximum absolute atomic E-state index is 12.9. The summed E-state index contributed by atoms with van der Waals surface area (Å²) in [6.07, 6.45) is 6.05. The van der Waals surface area contributed by atoms with Gasteiger partial charge in [-0.1, -0.05) is 11.8 Å². The predicted octanol–water partition coefficient (Wildman–Crippen LogP) is 1.70. The van der Waals surface area contributed by atoms with Crippen LogP contribution in [-0.4, -0.2) is 39.6 Å². The van der Waals surface area contributed by atoms with E-state index in [9.17, 15) is 14.0 Å². The Hall–Kier alpha value is -3.98. The fourth-order valence-corrected chi connectivity index (χ4v) is 3.31. The van der Waals surface area contributed by atoms with Crippen LogP contribution < -0.4 is 20.7 Å². The highest BCUT2D eigenvalue weighted by atomic mass is 19.1. The number of nitrogens with zero attached hydrogens (tertiary/aromatic N) is 4. The minimum atomic E-state index is -0.572. The molecule has 166 valence electrons. The zero-order chi connectivity index (χ0) is 23.3. The Morgan fingerprint density at radius 3 is 2.50 bits per heavy atom. The molecule has 0 saturated carbocycles. The van der Waals surface area contributed by atoms with Gasteiger partial charge in [-0.2, -0.15) is 0 Å². The molecule has 0 N–H and O–H groups in total. The third kappa shape index (κ3) is 4.23. The highest BCUT2D eigenvalue weighted by molar-refractivity contribution is 5.72. The summed E-state index contributed by atoms with van der Waals surface area (Å²) in [4.78, 5) is 30.2. The molecule has 9 heteroatoms. The molecule has 0 atom stereocenters. The Morgan fingerprint density at radius 1 is 1.09 bits per heavy atom. The number of halogens is 1. The van der Waals surface area contributed by atoms with E-state index in [4.69, 9.17) is 15.9 Å². The molecular formula is C23H23FN4O4. The largest absolute Gasteiger partial charge is 0.493 e. The lowest BCUT2D eigenvalue weighted by Crippen LogP contribution is -2.40. The first-order chi connectivity index (χ1) is 15.5. The monoisotopic (exact) mass is 438 g/mol. The maximum atomic E-state index is 12.9. The summed E-state index contributed by atoms with van der Waals surface area (Å²) in [5.41, 5.74) is -0.0570. The van der Waals surface area contributed by atoms with Crippen LogP contribution in [0.1, 0.15) is 24.2 Å². The van der Waals surface area contributed by atoms with E-state index in [2.05, 4.69) is 22.7 Å². The Bertz CT molecular complexity index is 1370. The van der Waals surface area contributed by atoms with Crippen LogP contribution in [0.5, 0.6) is 11.5 Å². The standard InChI is InChI=1S/C23H23FN4O4/c1-5-13-28-22(29)20-21(27(23(28)30)14-7-6-12-24)25-19(26(20)2)11-9-16-8-10-17(31-3)18(15-16)32-4/h1,8,10,15H,6-7,12-14H2,2-4H3. The summed E-state index contributed by atoms with van der Waals surface area (Å²) >= 11 is 0. The van der Waals surface area contributed by atoms with Crippen molar-refractivity contribution in [3.8, 4) is 35.7 Å². The first-order valence-corrected chi connectivity index (χ1v) is 9.90. The number of fused-ring (bicyclic) bond motifs is 1. The maximum Gasteiger partial charge on any atom is 0.333 e. The van der Waals surface area contributed by atoms with Gasteiger partial charge < -0.3 is 14.0 Å². The number of rotatable bonds is 7. The summed E-state index contributed by atoms with van der Waals surface area (Å²) in [7, 11) is 4.72. The third-order valence-electron chi connectivity index (χ3n) is 4.96. The lowest BCUT2D eigenvalue weighted by atomic mass is 10.2. The third-order valence-corrected chi connectivity index (χ3v) is 4.96. The van der Waals surface area contributed by atoms with Gasteiger partial charge in [-0.25, -0.2) is 14.3 Å². The normalized spacial score (nSPS) is 10.5. The average Bonchev–Trinajstić information content (AvgIpc) is 3.13. The molecule has 0 saturated heterocycles. The Balaban J connectivity index is 2.16. The molecule has 0 unspecified atom stereocenters. The molecule has 32 heavy (non-hydrogen) atoms. The molecule has 0 spiro atoms. The minimum Gasteiger partial charge on any atom is -0.493 e. The topological polar surface area (TPSA) is 80.3 Å². The number of unbranched alkanes of at least 4 members (excludes halogenated alkanes) is 1. The van der Waals surface area contributed by atoms with E-state index >= 15 is 0 Å². The van der Waals surface area contributed by atoms with Crippen molar-refractivity contribution in [1.29, 1.82) is 0 Å². The predicted molar refractivity (Wildman–Crippen MR) is 119 cm³/mol. The Labute approximate surface area is 184 Å². The highest BCUT2D eigenvalue weighted by Gasteiger charge is 2.19. The van der Waals surface area contributed by atoms with Crippen molar-refractivity contribution in [2.75, 3.05) is 20.9 Å². The molecule has 0 bridgehead atoms. The van der Waals surface area contributed by atoms with Crippen molar-refractivity contribution in [3.05, 3.63) is 50.4 Å². The SMILES string of the molecule is C#CCn1c(=O)c2c(nc(C#Cc3ccc(OC)c(OC)c3)n2C)n(CCCCF)c1=O. The van der Waals surface area contributed by atoms with Gasteiger partial charge >= 0.3 is 5.69 Å². The summed E-state index contributed by atoms with van der Waals surface area (Å²) in [6.45, 7) is -0.454. The molecular weight excluding hydrogens is 415 g/mol. The van der Waals surface area contributed by atoms with Crippen molar-refractivity contribution in [1.82, 2.24) is 18.7 Å². The molecule has 8 nitrogen and oxygen atoms in total. The Kier molecular flexibility index (Phi) is 7.01. The van der Waals surface area contributed by atoms with E-state index in [0.717, 1.165) is 4.57 Å². The average molecular weight is 438 g/mol. The number of aryl methyl sites for hydroxylation is 2. The molecule has 3 aromatic rings. The molecule has 2 aromatic heterocycles. The van der Waals surface area contributed by atoms with E-state index in [0.29, 0.717) is 35.7 Å². The van der Waals surface area contributed by atoms with E-state index in [1.54, 1.807) is 32.4 Å². The van der Waals surface area contributed by atoms with Crippen LogP contribution in [0.4, 0.5) is 4.39 Å². The summed E-state index contributed by atoms with van der Waals surface area (Å²) < 4.78 is 27.0. The molecule has 3 rings (SSSR count). The molecule has 0 aliphatic rings. The van der Waals surface area contributed by atoms with Gasteiger partial charge in [0.25, 0.3) is 5.56 Å². The van der Waals surface area contributed by atoms with Crippen LogP contribution in [-0.2, 0) is 20.1 Å². The van der Waals surface area contributed by atoms with E-state index < -0.39 is 17.9 Å². The molecule has 2 heterocycles. The van der Waals surface area contributed by atoms with Crippen molar-refractivity contribution in [2.45, 2.75) is 25.9 Å². The molecule has 0 radical (unpaired) electrons. The number of terminal acetylenes is 1. The lowest BCUT2D eigenvalue weighted by Gasteiger charge is -2.09. The van der Waals surface area contributed by atoms with Gasteiger partial charge in [-0.3, -0.25) is 13.8 Å². The van der Waals surface area contributed by atoms with Crippen LogP contribution in [0.15, 0.2) is 27.8 Å². The fourth-order valence-electron chi connectivity index (χ4n) is 3.31. The molecule has 1 aromatic carbocycles. The summed E-state index contributed by atoms with van der Waals surface area (Å²) in [6, 6.07) is 5.23. The van der Waals surface area contributed by atoms with Gasteiger partial charge in [0, 0.05) is 19.2 Å². The number of aromatic nitrogens is 4. The molecule has 0 fully saturated rings. The quantitative estimate of drug-likeness (QED) is 0.414. The molecule has 0 aliphatic carbocycles. The van der Waals surface area contributed by atoms with Crippen molar-refractivity contribution in [2.24, 2.45) is 7.05 Å². The van der Waals surface area contributed by atoms with Gasteiger partial charge in [-0.15, -0.1) is 6.42 Å². The first-order valence-electron chi connectivity index (χ1n) is 9.90. The number of alkyl halides is 1. The minimum absolute atomic E-state index is 0.172. The van der Waals surface area contributed by atoms with Crippen LogP contribution in [0, 0.1) is 24.2 Å². The molecule has 0 amide bonds. The van der Waals surface area contributed by atoms with Crippen molar-refractivity contribution < 1.29 is 13.9 Å². The smallest absolute Gasteiger partial charge is 0.333 e. The van der Waals surface area contributed by atoms with E-state index in [1.807, 2.05) is 0 Å². The van der Waals surface area contributed by atoms with Gasteiger partial charge in [0.2, 0.25) is 0 Å². The number of hydrogen-bond donors (Lipinski definition) is 0. The number of methoxy groups -OCH3 is 2. The van der Waals surface area contributed by atoms with Crippen LogP contribution in [0.25, 0.3) is 11.2 Å². The van der Waals surface area contributed by atoms with Crippen LogP contribution in [0.3, 0.4) is 0 Å². The zero-order valence-corrected chi connectivity index (χ0v) is 18.1. The second-order valence-electron chi connectivity index (χ2n) is 6.91. The number of benzene rings is 1. The van der Waals surface area contributed by atoms with Gasteiger partial charge in [0.1, 0.15) is 0 Å². The lowest BCUT2D eigenvalue weighted by molar-refractivity contribution is 0.355. The number of imidazole rings is 1. The van der Waals surface area contributed by atoms with E-state index in [-0.39, 0.29) is 24.3 Å². The van der Waals surface area contributed by atoms with Gasteiger partial charge in [0.05, 0.1) is 27.4 Å². The van der Waals surface area contributed by atoms with Crippen LogP contribution >= 0.6 is 0 Å². The van der Waals surface area contributed by atoms with Crippen molar-refractivity contribution in [3.63, 3.8) is 0 Å². The van der Waals surface area contributed by atoms with Crippen LogP contribution in [0.2, 0.25) is 0 Å². The molecule has 0 aliphatic heterocycles. The van der Waals surface area contributed by atoms with Crippen molar-refractivity contribution >= 4 is 11.2 Å². The highest BCUT2D eigenvalue weighted by Crippen LogP contribution is 2.27.